The van der Waals surface area contributed by atoms with Gasteiger partial charge in [0, 0.05) is 25.1 Å². The summed E-state index contributed by atoms with van der Waals surface area (Å²) in [7, 11) is 0. The number of aromatic nitrogens is 3. The van der Waals surface area contributed by atoms with E-state index in [-0.39, 0.29) is 30.0 Å². The van der Waals surface area contributed by atoms with Crippen LogP contribution in [-0.4, -0.2) is 25.6 Å². The van der Waals surface area contributed by atoms with Crippen LogP contribution in [0.1, 0.15) is 43.5 Å². The van der Waals surface area contributed by atoms with Crippen LogP contribution in [0.3, 0.4) is 0 Å². The number of aryl methyl sites for hydroxylation is 1. The predicted molar refractivity (Wildman–Crippen MR) is 90.9 cm³/mol. The van der Waals surface area contributed by atoms with Crippen LogP contribution < -0.4 is 5.32 Å². The molecule has 0 saturated heterocycles. The molecule has 8 nitrogen and oxygen atoms in total. The Hall–Kier alpha value is -2.77. The first-order chi connectivity index (χ1) is 12.0. The summed E-state index contributed by atoms with van der Waals surface area (Å²) < 4.78 is 2.09. The molecule has 0 fully saturated rings. The van der Waals surface area contributed by atoms with Crippen molar-refractivity contribution in [2.45, 2.75) is 45.7 Å². The average molecular weight is 343 g/mol. The van der Waals surface area contributed by atoms with Crippen LogP contribution in [0.5, 0.6) is 0 Å². The molecule has 0 unspecified atom stereocenters. The number of carbonyl (C=O) groups excluding carboxylic acids is 1. The number of hydrogen-bond acceptors (Lipinski definition) is 5. The lowest BCUT2D eigenvalue weighted by atomic mass is 10.0. The van der Waals surface area contributed by atoms with Gasteiger partial charge in [0.25, 0.3) is 5.69 Å². The second-order valence-corrected chi connectivity index (χ2v) is 6.62. The molecule has 2 aromatic rings. The van der Waals surface area contributed by atoms with E-state index in [4.69, 9.17) is 0 Å². The summed E-state index contributed by atoms with van der Waals surface area (Å²) in [5.74, 6) is 1.82. The highest BCUT2D eigenvalue weighted by molar-refractivity contribution is 5.79. The second kappa shape index (κ2) is 7.00. The van der Waals surface area contributed by atoms with Gasteiger partial charge in [-0.05, 0) is 17.9 Å². The van der Waals surface area contributed by atoms with E-state index in [9.17, 15) is 14.9 Å². The molecule has 8 heteroatoms. The van der Waals surface area contributed by atoms with Gasteiger partial charge in [-0.15, -0.1) is 10.2 Å². The third-order valence-electron chi connectivity index (χ3n) is 4.41. The molecule has 3 rings (SSSR count). The maximum absolute atomic E-state index is 12.4. The van der Waals surface area contributed by atoms with Crippen molar-refractivity contribution in [1.29, 1.82) is 0 Å². The second-order valence-electron chi connectivity index (χ2n) is 6.62. The zero-order valence-corrected chi connectivity index (χ0v) is 14.3. The van der Waals surface area contributed by atoms with Crippen LogP contribution in [0.15, 0.2) is 24.3 Å². The van der Waals surface area contributed by atoms with Crippen molar-refractivity contribution in [1.82, 2.24) is 20.1 Å². The number of hydrogen-bond donors (Lipinski definition) is 1. The minimum absolute atomic E-state index is 0.0169. The van der Waals surface area contributed by atoms with Crippen LogP contribution in [-0.2, 0) is 24.2 Å². The molecule has 1 aromatic carbocycles. The van der Waals surface area contributed by atoms with Gasteiger partial charge in [0.15, 0.2) is 5.82 Å². The van der Waals surface area contributed by atoms with Crippen molar-refractivity contribution in [3.05, 3.63) is 51.6 Å². The topological polar surface area (TPSA) is 103 Å². The summed E-state index contributed by atoms with van der Waals surface area (Å²) in [5, 5.41) is 22.2. The largest absolute Gasteiger partial charge is 0.346 e. The Morgan fingerprint density at radius 3 is 2.68 bits per heavy atom. The van der Waals surface area contributed by atoms with Gasteiger partial charge in [0.2, 0.25) is 5.91 Å². The number of rotatable bonds is 6. The van der Waals surface area contributed by atoms with E-state index in [1.807, 2.05) is 13.8 Å². The minimum atomic E-state index is -0.454. The number of fused-ring (bicyclic) bond motifs is 1. The Morgan fingerprint density at radius 2 is 2.04 bits per heavy atom. The SMILES string of the molecule is CC(C)[C@H](NC(=O)Cc1ccc([N+](=O)[O-])cc1)c1nnc2n1CCC2. The van der Waals surface area contributed by atoms with Crippen LogP contribution in [0, 0.1) is 16.0 Å². The van der Waals surface area contributed by atoms with Crippen LogP contribution >= 0.6 is 0 Å². The number of amides is 1. The molecule has 0 radical (unpaired) electrons. The Labute approximate surface area is 145 Å². The van der Waals surface area contributed by atoms with Crippen LogP contribution in [0.25, 0.3) is 0 Å². The fourth-order valence-corrected chi connectivity index (χ4v) is 3.08. The highest BCUT2D eigenvalue weighted by Crippen LogP contribution is 2.24. The van der Waals surface area contributed by atoms with E-state index in [1.165, 1.54) is 12.1 Å². The van der Waals surface area contributed by atoms with E-state index in [0.717, 1.165) is 36.6 Å². The van der Waals surface area contributed by atoms with E-state index in [2.05, 4.69) is 20.1 Å². The number of nitrogens with zero attached hydrogens (tertiary/aromatic N) is 4. The van der Waals surface area contributed by atoms with Gasteiger partial charge >= 0.3 is 0 Å². The fourth-order valence-electron chi connectivity index (χ4n) is 3.08. The zero-order valence-electron chi connectivity index (χ0n) is 14.3. The van der Waals surface area contributed by atoms with Crippen molar-refractivity contribution in [2.75, 3.05) is 0 Å². The molecule has 0 spiro atoms. The number of nitro groups is 1. The lowest BCUT2D eigenvalue weighted by Crippen LogP contribution is -2.34. The highest BCUT2D eigenvalue weighted by atomic mass is 16.6. The van der Waals surface area contributed by atoms with Crippen molar-refractivity contribution < 1.29 is 9.72 Å². The third kappa shape index (κ3) is 3.67. The fraction of sp³-hybridized carbons (Fsp3) is 0.471. The molecule has 0 aliphatic carbocycles. The number of carbonyl (C=O) groups is 1. The molecule has 0 bridgehead atoms. The molecule has 2 heterocycles. The van der Waals surface area contributed by atoms with Gasteiger partial charge in [-0.25, -0.2) is 0 Å². The molecular weight excluding hydrogens is 322 g/mol. The van der Waals surface area contributed by atoms with Crippen LogP contribution in [0.4, 0.5) is 5.69 Å². The van der Waals surface area contributed by atoms with Gasteiger partial charge in [-0.1, -0.05) is 26.0 Å². The maximum Gasteiger partial charge on any atom is 0.269 e. The van der Waals surface area contributed by atoms with Crippen molar-refractivity contribution >= 4 is 11.6 Å². The number of nitrogens with one attached hydrogen (secondary N) is 1. The van der Waals surface area contributed by atoms with Gasteiger partial charge < -0.3 is 9.88 Å². The van der Waals surface area contributed by atoms with Crippen LogP contribution in [0.2, 0.25) is 0 Å². The normalized spacial score (nSPS) is 14.4. The minimum Gasteiger partial charge on any atom is -0.346 e. The summed E-state index contributed by atoms with van der Waals surface area (Å²) in [4.78, 5) is 22.7. The lowest BCUT2D eigenvalue weighted by Gasteiger charge is -2.22. The summed E-state index contributed by atoms with van der Waals surface area (Å²) in [5.41, 5.74) is 0.750. The number of benzene rings is 1. The van der Waals surface area contributed by atoms with E-state index < -0.39 is 4.92 Å². The molecule has 1 aromatic heterocycles. The average Bonchev–Trinajstić information content (AvgIpc) is 3.16. The molecular formula is C17H21N5O3. The smallest absolute Gasteiger partial charge is 0.269 e. The van der Waals surface area contributed by atoms with Gasteiger partial charge in [-0.3, -0.25) is 14.9 Å². The Balaban J connectivity index is 1.69. The first-order valence-corrected chi connectivity index (χ1v) is 8.40. The summed E-state index contributed by atoms with van der Waals surface area (Å²) in [6.45, 7) is 4.96. The molecule has 1 aliphatic rings. The quantitative estimate of drug-likeness (QED) is 0.640. The van der Waals surface area contributed by atoms with E-state index in [1.54, 1.807) is 12.1 Å². The van der Waals surface area contributed by atoms with Crippen molar-refractivity contribution in [2.24, 2.45) is 5.92 Å². The Kier molecular flexibility index (Phi) is 4.78. The monoisotopic (exact) mass is 343 g/mol. The molecule has 1 N–H and O–H groups in total. The summed E-state index contributed by atoms with van der Waals surface area (Å²) in [6.07, 6.45) is 2.15. The number of non-ortho nitro benzene ring substituents is 1. The molecule has 1 aliphatic heterocycles. The standard InChI is InChI=1S/C17H21N5O3/c1-11(2)16(17-20-19-14-4-3-9-21(14)17)18-15(23)10-12-5-7-13(8-6-12)22(24)25/h5-8,11,16H,3-4,9-10H2,1-2H3,(H,18,23)/t16-/m0/s1. The van der Waals surface area contributed by atoms with Crippen molar-refractivity contribution in [3.63, 3.8) is 0 Å². The van der Waals surface area contributed by atoms with Crippen molar-refractivity contribution in [3.8, 4) is 0 Å². The third-order valence-corrected chi connectivity index (χ3v) is 4.41. The van der Waals surface area contributed by atoms with Gasteiger partial charge in [0.1, 0.15) is 5.82 Å². The van der Waals surface area contributed by atoms with E-state index >= 15 is 0 Å². The Morgan fingerprint density at radius 1 is 1.32 bits per heavy atom. The molecule has 25 heavy (non-hydrogen) atoms. The molecule has 132 valence electrons. The summed E-state index contributed by atoms with van der Waals surface area (Å²) >= 11 is 0. The van der Waals surface area contributed by atoms with Gasteiger partial charge in [0.05, 0.1) is 17.4 Å². The number of nitro benzene ring substituents is 1. The maximum atomic E-state index is 12.4. The zero-order chi connectivity index (χ0) is 18.0. The molecule has 1 atom stereocenters. The van der Waals surface area contributed by atoms with Gasteiger partial charge in [-0.2, -0.15) is 0 Å². The molecule has 1 amide bonds. The lowest BCUT2D eigenvalue weighted by molar-refractivity contribution is -0.384. The van der Waals surface area contributed by atoms with E-state index in [0.29, 0.717) is 0 Å². The predicted octanol–water partition coefficient (Wildman–Crippen LogP) is 2.19. The first-order valence-electron chi connectivity index (χ1n) is 8.40. The molecule has 0 saturated carbocycles. The highest BCUT2D eigenvalue weighted by Gasteiger charge is 2.27. The summed E-state index contributed by atoms with van der Waals surface area (Å²) in [6, 6.07) is 5.83. The first kappa shape index (κ1) is 17.1. The Bertz CT molecular complexity index is 782.